The molecule has 3 aromatic rings. The number of halogens is 1. The zero-order chi connectivity index (χ0) is 24.9. The van der Waals surface area contributed by atoms with Crippen LogP contribution in [0.15, 0.2) is 59.0 Å². The highest BCUT2D eigenvalue weighted by Crippen LogP contribution is 2.29. The summed E-state index contributed by atoms with van der Waals surface area (Å²) in [6.45, 7) is 12.6. The summed E-state index contributed by atoms with van der Waals surface area (Å²) in [6.07, 6.45) is 2.21. The number of furan rings is 1. The minimum atomic E-state index is -0.0962. The second kappa shape index (κ2) is 11.2. The van der Waals surface area contributed by atoms with E-state index in [1.807, 2.05) is 29.2 Å². The second-order valence-electron chi connectivity index (χ2n) is 9.22. The molecule has 1 aromatic heterocycles. The Balaban J connectivity index is 1.13. The highest BCUT2D eigenvalue weighted by Gasteiger charge is 2.25. The fourth-order valence-electron chi connectivity index (χ4n) is 4.66. The summed E-state index contributed by atoms with van der Waals surface area (Å²) in [7, 11) is 0. The van der Waals surface area contributed by atoms with Gasteiger partial charge in [0.15, 0.2) is 11.4 Å². The Kier molecular flexibility index (Phi) is 7.57. The number of nitrogens with one attached hydrogen (secondary N) is 1. The van der Waals surface area contributed by atoms with Gasteiger partial charge >= 0.3 is 0 Å². The Morgan fingerprint density at radius 2 is 1.81 bits per heavy atom. The number of hydrogen-bond donors (Lipinski definition) is 1. The van der Waals surface area contributed by atoms with Crippen molar-refractivity contribution in [1.82, 2.24) is 15.1 Å². The van der Waals surface area contributed by atoms with Gasteiger partial charge in [-0.1, -0.05) is 41.9 Å². The Hall–Kier alpha value is -3.31. The minimum absolute atomic E-state index is 0.0962. The van der Waals surface area contributed by atoms with Gasteiger partial charge in [-0.15, -0.1) is 0 Å². The van der Waals surface area contributed by atoms with Crippen LogP contribution in [0.3, 0.4) is 0 Å². The SMILES string of the molecule is [C-]#[N+]c1ccc(-c2ccc(C(=O)N3CCN(Cc4ccc(OC5CCNCC5)c(Cl)c4)CC3)o2)cc1. The van der Waals surface area contributed by atoms with Gasteiger partial charge in [-0.05, 0) is 55.8 Å². The molecule has 0 atom stereocenters. The number of amides is 1. The van der Waals surface area contributed by atoms with E-state index >= 15 is 0 Å². The fourth-order valence-corrected chi connectivity index (χ4v) is 4.91. The van der Waals surface area contributed by atoms with Crippen LogP contribution in [0, 0.1) is 6.57 Å². The number of benzene rings is 2. The molecule has 0 radical (unpaired) electrons. The number of hydrogen-bond acceptors (Lipinski definition) is 5. The van der Waals surface area contributed by atoms with E-state index in [1.165, 1.54) is 0 Å². The second-order valence-corrected chi connectivity index (χ2v) is 9.63. The zero-order valence-electron chi connectivity index (χ0n) is 20.1. The van der Waals surface area contributed by atoms with Gasteiger partial charge in [-0.3, -0.25) is 9.69 Å². The van der Waals surface area contributed by atoms with E-state index in [1.54, 1.807) is 24.3 Å². The van der Waals surface area contributed by atoms with Crippen LogP contribution in [0.25, 0.3) is 16.2 Å². The molecule has 8 heteroatoms. The topological polar surface area (TPSA) is 62.3 Å². The maximum atomic E-state index is 13.0. The van der Waals surface area contributed by atoms with Crippen LogP contribution in [0.2, 0.25) is 5.02 Å². The molecule has 0 saturated carbocycles. The van der Waals surface area contributed by atoms with Crippen LogP contribution in [0.1, 0.15) is 29.0 Å². The lowest BCUT2D eigenvalue weighted by Gasteiger charge is -2.34. The molecule has 2 saturated heterocycles. The van der Waals surface area contributed by atoms with Crippen molar-refractivity contribution < 1.29 is 13.9 Å². The van der Waals surface area contributed by atoms with E-state index < -0.39 is 0 Å². The third kappa shape index (κ3) is 5.73. The highest BCUT2D eigenvalue weighted by atomic mass is 35.5. The molecular formula is C28H29ClN4O3. The Labute approximate surface area is 216 Å². The predicted molar refractivity (Wildman–Crippen MR) is 140 cm³/mol. The lowest BCUT2D eigenvalue weighted by atomic mass is 10.1. The van der Waals surface area contributed by atoms with E-state index in [9.17, 15) is 4.79 Å². The molecule has 1 N–H and O–H groups in total. The summed E-state index contributed by atoms with van der Waals surface area (Å²) >= 11 is 6.52. The first-order chi connectivity index (χ1) is 17.6. The van der Waals surface area contributed by atoms with Crippen molar-refractivity contribution in [3.8, 4) is 17.1 Å². The summed E-state index contributed by atoms with van der Waals surface area (Å²) in [4.78, 5) is 20.6. The van der Waals surface area contributed by atoms with Crippen molar-refractivity contribution in [1.29, 1.82) is 0 Å². The molecule has 0 aliphatic carbocycles. The lowest BCUT2D eigenvalue weighted by molar-refractivity contribution is 0.0598. The number of carbonyl (C=O) groups excluding carboxylic acids is 1. The molecule has 36 heavy (non-hydrogen) atoms. The molecule has 2 aliphatic heterocycles. The molecular weight excluding hydrogens is 476 g/mol. The average molecular weight is 505 g/mol. The number of rotatable bonds is 6. The van der Waals surface area contributed by atoms with Gasteiger partial charge in [0.2, 0.25) is 0 Å². The van der Waals surface area contributed by atoms with Gasteiger partial charge in [0.05, 0.1) is 11.6 Å². The number of carbonyl (C=O) groups is 1. The maximum Gasteiger partial charge on any atom is 0.289 e. The lowest BCUT2D eigenvalue weighted by Crippen LogP contribution is -2.48. The fraction of sp³-hybridized carbons (Fsp3) is 0.357. The summed E-state index contributed by atoms with van der Waals surface area (Å²) in [5.74, 6) is 1.62. The first-order valence-corrected chi connectivity index (χ1v) is 12.7. The summed E-state index contributed by atoms with van der Waals surface area (Å²) in [5.41, 5.74) is 2.55. The Morgan fingerprint density at radius 3 is 2.50 bits per heavy atom. The number of piperazine rings is 1. The van der Waals surface area contributed by atoms with Gasteiger partial charge in [-0.25, -0.2) is 4.85 Å². The van der Waals surface area contributed by atoms with Crippen LogP contribution in [-0.4, -0.2) is 61.1 Å². The van der Waals surface area contributed by atoms with Crippen molar-refractivity contribution in [2.24, 2.45) is 0 Å². The molecule has 1 amide bonds. The number of nitrogens with zero attached hydrogens (tertiary/aromatic N) is 3. The zero-order valence-corrected chi connectivity index (χ0v) is 20.8. The molecule has 3 heterocycles. The van der Waals surface area contributed by atoms with Gasteiger partial charge in [-0.2, -0.15) is 0 Å². The van der Waals surface area contributed by atoms with E-state index in [0.717, 1.165) is 62.4 Å². The van der Waals surface area contributed by atoms with Crippen LogP contribution >= 0.6 is 11.6 Å². The van der Waals surface area contributed by atoms with Crippen molar-refractivity contribution in [3.63, 3.8) is 0 Å². The van der Waals surface area contributed by atoms with E-state index in [4.69, 9.17) is 27.3 Å². The monoisotopic (exact) mass is 504 g/mol. The molecule has 0 unspecified atom stereocenters. The maximum absolute atomic E-state index is 13.0. The largest absolute Gasteiger partial charge is 0.489 e. The van der Waals surface area contributed by atoms with Crippen LogP contribution in [-0.2, 0) is 6.54 Å². The standard InChI is InChI=1S/C28H29ClN4O3/c1-30-22-5-3-21(4-6-22)25-8-9-27(36-25)28(34)33-16-14-32(15-17-33)19-20-2-7-26(24(29)18-20)35-23-10-12-31-13-11-23/h2-9,18,23,31H,10-17,19H2. The van der Waals surface area contributed by atoms with Gasteiger partial charge < -0.3 is 19.4 Å². The van der Waals surface area contributed by atoms with Crippen molar-refractivity contribution in [2.45, 2.75) is 25.5 Å². The van der Waals surface area contributed by atoms with Crippen LogP contribution in [0.5, 0.6) is 5.75 Å². The van der Waals surface area contributed by atoms with Crippen LogP contribution in [0.4, 0.5) is 5.69 Å². The average Bonchev–Trinajstić information content (AvgIpc) is 3.41. The number of piperidine rings is 1. The Morgan fingerprint density at radius 1 is 1.06 bits per heavy atom. The Bertz CT molecular complexity index is 1240. The quantitative estimate of drug-likeness (QED) is 0.465. The highest BCUT2D eigenvalue weighted by molar-refractivity contribution is 6.32. The molecule has 0 spiro atoms. The molecule has 7 nitrogen and oxygen atoms in total. The van der Waals surface area contributed by atoms with Crippen molar-refractivity contribution >= 4 is 23.2 Å². The van der Waals surface area contributed by atoms with Gasteiger partial charge in [0.25, 0.3) is 5.91 Å². The third-order valence-corrected chi connectivity index (χ3v) is 7.03. The van der Waals surface area contributed by atoms with E-state index in [-0.39, 0.29) is 12.0 Å². The molecule has 2 aromatic carbocycles. The third-order valence-electron chi connectivity index (χ3n) is 6.74. The van der Waals surface area contributed by atoms with Gasteiger partial charge in [0.1, 0.15) is 17.6 Å². The smallest absolute Gasteiger partial charge is 0.289 e. The summed E-state index contributed by atoms with van der Waals surface area (Å²) in [6, 6.07) is 16.7. The van der Waals surface area contributed by atoms with Crippen LogP contribution < -0.4 is 10.1 Å². The minimum Gasteiger partial charge on any atom is -0.489 e. The first-order valence-electron chi connectivity index (χ1n) is 12.3. The number of ether oxygens (including phenoxy) is 1. The van der Waals surface area contributed by atoms with E-state index in [2.05, 4.69) is 21.1 Å². The molecule has 186 valence electrons. The van der Waals surface area contributed by atoms with E-state index in [0.29, 0.717) is 35.3 Å². The normalized spacial score (nSPS) is 17.1. The summed E-state index contributed by atoms with van der Waals surface area (Å²) in [5, 5.41) is 3.99. The molecule has 2 aliphatic rings. The predicted octanol–water partition coefficient (Wildman–Crippen LogP) is 5.24. The molecule has 2 fully saturated rings. The summed E-state index contributed by atoms with van der Waals surface area (Å²) < 4.78 is 12.0. The first kappa shape index (κ1) is 24.4. The van der Waals surface area contributed by atoms with Crippen molar-refractivity contribution in [2.75, 3.05) is 39.3 Å². The molecule has 5 rings (SSSR count). The van der Waals surface area contributed by atoms with Gasteiger partial charge in [0, 0.05) is 38.3 Å². The van der Waals surface area contributed by atoms with Crippen molar-refractivity contribution in [3.05, 3.63) is 82.4 Å². The molecule has 0 bridgehead atoms.